The maximum atomic E-state index is 9.39. The van der Waals surface area contributed by atoms with Gasteiger partial charge in [-0.2, -0.15) is 5.26 Å². The van der Waals surface area contributed by atoms with Crippen molar-refractivity contribution in [3.05, 3.63) is 36.0 Å². The third-order valence-corrected chi connectivity index (χ3v) is 5.45. The minimum Gasteiger partial charge on any atom is -0.370 e. The Morgan fingerprint density at radius 1 is 1.26 bits per heavy atom. The van der Waals surface area contributed by atoms with E-state index in [1.54, 1.807) is 6.20 Å². The van der Waals surface area contributed by atoms with Gasteiger partial charge in [-0.25, -0.2) is 0 Å². The van der Waals surface area contributed by atoms with E-state index < -0.39 is 0 Å². The van der Waals surface area contributed by atoms with E-state index in [9.17, 15) is 5.26 Å². The Morgan fingerprint density at radius 2 is 2.15 bits per heavy atom. The summed E-state index contributed by atoms with van der Waals surface area (Å²) in [5.41, 5.74) is 2.55. The first-order valence-corrected chi connectivity index (χ1v) is 9.78. The number of hydrogen-bond donors (Lipinski definition) is 1. The van der Waals surface area contributed by atoms with Crippen LogP contribution in [0.3, 0.4) is 0 Å². The lowest BCUT2D eigenvalue weighted by Crippen LogP contribution is -2.55. The fourth-order valence-electron chi connectivity index (χ4n) is 4.33. The van der Waals surface area contributed by atoms with Crippen molar-refractivity contribution >= 4 is 16.6 Å². The molecule has 1 aromatic carbocycles. The molecule has 6 nitrogen and oxygen atoms in total. The van der Waals surface area contributed by atoms with E-state index in [0.29, 0.717) is 11.6 Å². The average molecular weight is 365 g/mol. The van der Waals surface area contributed by atoms with E-state index in [1.807, 2.05) is 12.1 Å². The number of nitrogens with zero attached hydrogens (tertiary/aromatic N) is 4. The van der Waals surface area contributed by atoms with Crippen molar-refractivity contribution in [3.8, 4) is 6.07 Å². The van der Waals surface area contributed by atoms with E-state index >= 15 is 0 Å². The van der Waals surface area contributed by atoms with Gasteiger partial charge in [0.1, 0.15) is 6.07 Å². The predicted octanol–water partition coefficient (Wildman–Crippen LogP) is 1.99. The molecule has 2 saturated heterocycles. The zero-order valence-electron chi connectivity index (χ0n) is 16.1. The van der Waals surface area contributed by atoms with Gasteiger partial charge in [0.15, 0.2) is 0 Å². The van der Waals surface area contributed by atoms with Crippen LogP contribution in [0, 0.1) is 11.3 Å². The highest BCUT2D eigenvalue weighted by Gasteiger charge is 2.29. The van der Waals surface area contributed by atoms with Gasteiger partial charge in [-0.15, -0.1) is 0 Å². The van der Waals surface area contributed by atoms with E-state index in [1.165, 1.54) is 0 Å². The Balaban J connectivity index is 1.57. The quantitative estimate of drug-likeness (QED) is 0.898. The van der Waals surface area contributed by atoms with Crippen molar-refractivity contribution in [1.82, 2.24) is 15.2 Å². The van der Waals surface area contributed by atoms with E-state index in [2.05, 4.69) is 52.2 Å². The molecule has 0 amide bonds. The van der Waals surface area contributed by atoms with Crippen molar-refractivity contribution < 1.29 is 4.74 Å². The number of hydrogen-bond acceptors (Lipinski definition) is 6. The molecule has 0 spiro atoms. The number of morpholine rings is 1. The minimum atomic E-state index is 0.173. The van der Waals surface area contributed by atoms with Gasteiger partial charge in [-0.3, -0.25) is 9.88 Å². The van der Waals surface area contributed by atoms with Crippen molar-refractivity contribution in [3.63, 3.8) is 0 Å². The Morgan fingerprint density at radius 3 is 2.96 bits per heavy atom. The van der Waals surface area contributed by atoms with E-state index in [4.69, 9.17) is 4.74 Å². The molecule has 2 fully saturated rings. The second-order valence-corrected chi connectivity index (χ2v) is 7.73. The topological polar surface area (TPSA) is 64.4 Å². The van der Waals surface area contributed by atoms with Crippen LogP contribution in [-0.2, 0) is 4.74 Å². The maximum absolute atomic E-state index is 9.39. The molecule has 27 heavy (non-hydrogen) atoms. The summed E-state index contributed by atoms with van der Waals surface area (Å²) in [6.07, 6.45) is 2.11. The zero-order chi connectivity index (χ0) is 18.8. The second-order valence-electron chi connectivity index (χ2n) is 7.73. The Bertz CT molecular complexity index is 848. The number of piperazine rings is 1. The molecule has 0 saturated carbocycles. The van der Waals surface area contributed by atoms with Crippen LogP contribution < -0.4 is 10.2 Å². The Hall–Kier alpha value is -2.20. The summed E-state index contributed by atoms with van der Waals surface area (Å²) in [5.74, 6) is 0. The highest BCUT2D eigenvalue weighted by molar-refractivity contribution is 5.95. The molecular weight excluding hydrogens is 338 g/mol. The van der Waals surface area contributed by atoms with E-state index in [0.717, 1.165) is 55.9 Å². The Kier molecular flexibility index (Phi) is 5.26. The fraction of sp³-hybridized carbons (Fsp3) is 0.524. The number of anilines is 1. The molecule has 3 heterocycles. The second kappa shape index (κ2) is 7.81. The minimum absolute atomic E-state index is 0.173. The monoisotopic (exact) mass is 365 g/mol. The summed E-state index contributed by atoms with van der Waals surface area (Å²) < 4.78 is 6.26. The van der Waals surface area contributed by atoms with Crippen molar-refractivity contribution in [2.45, 2.75) is 32.1 Å². The third kappa shape index (κ3) is 3.91. The number of rotatable bonds is 3. The van der Waals surface area contributed by atoms with Gasteiger partial charge >= 0.3 is 0 Å². The van der Waals surface area contributed by atoms with Gasteiger partial charge in [0.25, 0.3) is 0 Å². The summed E-state index contributed by atoms with van der Waals surface area (Å²) in [6.45, 7) is 10.2. The van der Waals surface area contributed by atoms with Gasteiger partial charge in [0.05, 0.1) is 23.3 Å². The number of fused-ring (bicyclic) bond motifs is 1. The maximum Gasteiger partial charge on any atom is 0.101 e. The molecule has 2 aromatic rings. The van der Waals surface area contributed by atoms with Crippen LogP contribution in [0.4, 0.5) is 5.69 Å². The Labute approximate surface area is 160 Å². The molecule has 2 aliphatic rings. The first-order chi connectivity index (χ1) is 13.1. The molecule has 6 heteroatoms. The van der Waals surface area contributed by atoms with Crippen LogP contribution in [0.5, 0.6) is 0 Å². The average Bonchev–Trinajstić information content (AvgIpc) is 2.66. The summed E-state index contributed by atoms with van der Waals surface area (Å²) in [5, 5.41) is 13.9. The molecule has 1 aromatic heterocycles. The first-order valence-electron chi connectivity index (χ1n) is 9.78. The third-order valence-electron chi connectivity index (χ3n) is 5.45. The lowest BCUT2D eigenvalue weighted by atomic mass is 10.1. The molecule has 1 unspecified atom stereocenters. The number of nitriles is 1. The van der Waals surface area contributed by atoms with Crippen molar-refractivity contribution in [1.29, 1.82) is 5.26 Å². The van der Waals surface area contributed by atoms with Gasteiger partial charge in [0, 0.05) is 62.6 Å². The first kappa shape index (κ1) is 18.2. The van der Waals surface area contributed by atoms with Crippen molar-refractivity contribution in [2.24, 2.45) is 0 Å². The van der Waals surface area contributed by atoms with Crippen LogP contribution in [0.15, 0.2) is 30.5 Å². The highest BCUT2D eigenvalue weighted by atomic mass is 16.5. The number of pyridine rings is 1. The molecule has 2 aliphatic heterocycles. The predicted molar refractivity (Wildman–Crippen MR) is 107 cm³/mol. The summed E-state index contributed by atoms with van der Waals surface area (Å²) >= 11 is 0. The molecule has 3 atom stereocenters. The number of benzene rings is 1. The lowest BCUT2D eigenvalue weighted by molar-refractivity contribution is -0.0349. The molecule has 0 aliphatic carbocycles. The summed E-state index contributed by atoms with van der Waals surface area (Å²) in [6, 6.07) is 10.7. The normalized spacial score (nSPS) is 26.9. The molecule has 142 valence electrons. The SMILES string of the molecule is CC1CN(C[C@H]2CN(c3ccc(C#N)c4ncccc34)C[C@@H](C)O2)CCN1. The molecule has 0 radical (unpaired) electrons. The van der Waals surface area contributed by atoms with Gasteiger partial charge in [0.2, 0.25) is 0 Å². The lowest BCUT2D eigenvalue weighted by Gasteiger charge is -2.41. The largest absolute Gasteiger partial charge is 0.370 e. The number of ether oxygens (including phenoxy) is 1. The molecule has 0 bridgehead atoms. The summed E-state index contributed by atoms with van der Waals surface area (Å²) in [4.78, 5) is 9.35. The van der Waals surface area contributed by atoms with Gasteiger partial charge < -0.3 is 15.0 Å². The van der Waals surface area contributed by atoms with Crippen LogP contribution >= 0.6 is 0 Å². The van der Waals surface area contributed by atoms with E-state index in [-0.39, 0.29) is 12.2 Å². The van der Waals surface area contributed by atoms with Crippen LogP contribution in [-0.4, -0.2) is 67.4 Å². The smallest absolute Gasteiger partial charge is 0.101 e. The molecular formula is C21H27N5O. The van der Waals surface area contributed by atoms with Gasteiger partial charge in [-0.1, -0.05) is 0 Å². The zero-order valence-corrected chi connectivity index (χ0v) is 16.1. The van der Waals surface area contributed by atoms with Gasteiger partial charge in [-0.05, 0) is 38.1 Å². The summed E-state index contributed by atoms with van der Waals surface area (Å²) in [7, 11) is 0. The van der Waals surface area contributed by atoms with Crippen LogP contribution in [0.1, 0.15) is 19.4 Å². The molecule has 1 N–H and O–H groups in total. The fourth-order valence-corrected chi connectivity index (χ4v) is 4.33. The highest BCUT2D eigenvalue weighted by Crippen LogP contribution is 2.30. The number of aromatic nitrogens is 1. The van der Waals surface area contributed by atoms with Crippen LogP contribution in [0.2, 0.25) is 0 Å². The number of nitrogens with one attached hydrogen (secondary N) is 1. The van der Waals surface area contributed by atoms with Crippen molar-refractivity contribution in [2.75, 3.05) is 44.2 Å². The standard InChI is InChI=1S/C21H27N5O/c1-15-11-25(9-8-23-15)13-18-14-26(12-16(2)27-18)20-6-5-17(10-22)21-19(20)4-3-7-24-21/h3-7,15-16,18,23H,8-9,11-14H2,1-2H3/t15?,16-,18+/m1/s1. The van der Waals surface area contributed by atoms with Crippen LogP contribution in [0.25, 0.3) is 10.9 Å². The molecule has 4 rings (SSSR count).